The maximum atomic E-state index is 13.3. The zero-order valence-electron chi connectivity index (χ0n) is 14.9. The average molecular weight is 420 g/mol. The number of nitrogens with zero attached hydrogens (tertiary/aromatic N) is 1. The molecule has 3 aliphatic rings. The van der Waals surface area contributed by atoms with Gasteiger partial charge in [-0.05, 0) is 51.2 Å². The second-order valence-electron chi connectivity index (χ2n) is 7.46. The molecule has 1 aliphatic carbocycles. The van der Waals surface area contributed by atoms with Crippen LogP contribution in [0, 0.1) is 0 Å². The van der Waals surface area contributed by atoms with Crippen molar-refractivity contribution in [2.24, 2.45) is 0 Å². The van der Waals surface area contributed by atoms with Crippen molar-refractivity contribution in [1.29, 1.82) is 0 Å². The Morgan fingerprint density at radius 3 is 2.52 bits per heavy atom. The summed E-state index contributed by atoms with van der Waals surface area (Å²) in [6, 6.07) is 18.3. The summed E-state index contributed by atoms with van der Waals surface area (Å²) >= 11 is 3.62. The molecule has 27 heavy (non-hydrogen) atoms. The molecule has 2 aromatic carbocycles. The van der Waals surface area contributed by atoms with Crippen molar-refractivity contribution in [1.82, 2.24) is 4.90 Å². The predicted molar refractivity (Wildman–Crippen MR) is 108 cm³/mol. The van der Waals surface area contributed by atoms with E-state index in [1.807, 2.05) is 54.3 Å². The van der Waals surface area contributed by atoms with Gasteiger partial charge in [0, 0.05) is 24.5 Å². The highest BCUT2D eigenvalue weighted by molar-refractivity contribution is 9.12. The van der Waals surface area contributed by atoms with Gasteiger partial charge in [-0.15, -0.1) is 0 Å². The molecule has 0 N–H and O–H groups in total. The summed E-state index contributed by atoms with van der Waals surface area (Å²) in [7, 11) is 0. The molecule has 1 amide bonds. The monoisotopic (exact) mass is 419 g/mol. The smallest absolute Gasteiger partial charge is 0.262 e. The van der Waals surface area contributed by atoms with Crippen molar-refractivity contribution in [3.05, 3.63) is 87.4 Å². The third-order valence-electron chi connectivity index (χ3n) is 6.17. The first-order chi connectivity index (χ1) is 13.0. The summed E-state index contributed by atoms with van der Waals surface area (Å²) in [5.74, 6) is 0.0484. The van der Waals surface area contributed by atoms with Crippen molar-refractivity contribution < 1.29 is 9.59 Å². The van der Waals surface area contributed by atoms with E-state index in [-0.39, 0.29) is 17.6 Å². The fourth-order valence-corrected chi connectivity index (χ4v) is 5.91. The lowest BCUT2D eigenvalue weighted by molar-refractivity contribution is -0.131. The minimum absolute atomic E-state index is 0.00421. The highest BCUT2D eigenvalue weighted by Crippen LogP contribution is 2.60. The van der Waals surface area contributed by atoms with Crippen molar-refractivity contribution in [3.8, 4) is 0 Å². The van der Waals surface area contributed by atoms with Crippen LogP contribution in [-0.4, -0.2) is 22.1 Å². The largest absolute Gasteiger partial charge is 0.320 e. The van der Waals surface area contributed by atoms with E-state index in [4.69, 9.17) is 0 Å². The number of carbonyl (C=O) groups excluding carboxylic acids is 2. The van der Waals surface area contributed by atoms with Crippen molar-refractivity contribution in [2.75, 3.05) is 0 Å². The number of halogens is 1. The number of fused-ring (bicyclic) bond motifs is 2. The third kappa shape index (κ3) is 2.08. The molecule has 2 atom stereocenters. The number of ketones is 1. The molecular weight excluding hydrogens is 402 g/mol. The Morgan fingerprint density at radius 2 is 1.74 bits per heavy atom. The first kappa shape index (κ1) is 16.7. The van der Waals surface area contributed by atoms with Crippen LogP contribution < -0.4 is 0 Å². The van der Waals surface area contributed by atoms with Crippen LogP contribution in [0.4, 0.5) is 0 Å². The topological polar surface area (TPSA) is 37.4 Å². The fraction of sp³-hybridized carbons (Fsp3) is 0.217. The lowest BCUT2D eigenvalue weighted by Crippen LogP contribution is -2.57. The molecule has 5 rings (SSSR count). The Bertz CT molecular complexity index is 1050. The minimum atomic E-state index is -0.612. The summed E-state index contributed by atoms with van der Waals surface area (Å²) < 4.78 is 0.605. The van der Waals surface area contributed by atoms with Gasteiger partial charge in [0.1, 0.15) is 0 Å². The Morgan fingerprint density at radius 1 is 1.04 bits per heavy atom. The molecule has 2 aliphatic heterocycles. The fourth-order valence-electron chi connectivity index (χ4n) is 5.17. The average Bonchev–Trinajstić information content (AvgIpc) is 2.90. The lowest BCUT2D eigenvalue weighted by atomic mass is 9.61. The van der Waals surface area contributed by atoms with Gasteiger partial charge in [-0.2, -0.15) is 0 Å². The quantitative estimate of drug-likeness (QED) is 0.677. The molecule has 134 valence electrons. The Kier molecular flexibility index (Phi) is 3.57. The molecule has 2 unspecified atom stereocenters. The van der Waals surface area contributed by atoms with Crippen LogP contribution in [-0.2, 0) is 16.1 Å². The number of hydrogen-bond donors (Lipinski definition) is 0. The van der Waals surface area contributed by atoms with Gasteiger partial charge in [-0.1, -0.05) is 54.6 Å². The zero-order chi connectivity index (χ0) is 18.8. The molecule has 4 heteroatoms. The number of carbonyl (C=O) groups is 2. The van der Waals surface area contributed by atoms with E-state index in [0.29, 0.717) is 17.4 Å². The molecule has 2 heterocycles. The van der Waals surface area contributed by atoms with Crippen LogP contribution in [0.1, 0.15) is 36.0 Å². The van der Waals surface area contributed by atoms with E-state index in [2.05, 4.69) is 28.1 Å². The first-order valence-corrected chi connectivity index (χ1v) is 9.91. The Balaban J connectivity index is 1.86. The van der Waals surface area contributed by atoms with E-state index in [1.165, 1.54) is 5.56 Å². The molecule has 0 saturated carbocycles. The van der Waals surface area contributed by atoms with Crippen LogP contribution in [0.5, 0.6) is 0 Å². The van der Waals surface area contributed by atoms with Crippen LogP contribution in [0.25, 0.3) is 5.57 Å². The Labute approximate surface area is 166 Å². The van der Waals surface area contributed by atoms with Crippen molar-refractivity contribution >= 4 is 33.2 Å². The van der Waals surface area contributed by atoms with Gasteiger partial charge < -0.3 is 4.90 Å². The predicted octanol–water partition coefficient (Wildman–Crippen LogP) is 4.59. The van der Waals surface area contributed by atoms with Gasteiger partial charge in [0.25, 0.3) is 5.91 Å². The standard InChI is InChI=1S/C23H18BrNO2/c1-14-11-17(26)12-19-18-10-6-5-9-16(18)13-25-22(27)21(24)20(23(14,19)25)15-7-3-2-4-8-15/h2-11,19H,12-13H2,1H3. The summed E-state index contributed by atoms with van der Waals surface area (Å²) in [4.78, 5) is 27.8. The van der Waals surface area contributed by atoms with Crippen LogP contribution >= 0.6 is 15.9 Å². The molecule has 0 radical (unpaired) electrons. The number of benzene rings is 2. The second kappa shape index (κ2) is 5.77. The maximum absolute atomic E-state index is 13.3. The normalized spacial score (nSPS) is 26.5. The number of allylic oxidation sites excluding steroid dienone is 1. The van der Waals surface area contributed by atoms with E-state index >= 15 is 0 Å². The molecule has 3 nitrogen and oxygen atoms in total. The second-order valence-corrected chi connectivity index (χ2v) is 8.25. The van der Waals surface area contributed by atoms with Gasteiger partial charge >= 0.3 is 0 Å². The van der Waals surface area contributed by atoms with Gasteiger partial charge in [0.15, 0.2) is 5.78 Å². The Hall–Kier alpha value is -2.46. The van der Waals surface area contributed by atoms with Crippen LogP contribution in [0.3, 0.4) is 0 Å². The van der Waals surface area contributed by atoms with Crippen molar-refractivity contribution in [3.63, 3.8) is 0 Å². The summed E-state index contributed by atoms with van der Waals surface area (Å²) in [5, 5.41) is 0. The van der Waals surface area contributed by atoms with E-state index < -0.39 is 5.54 Å². The summed E-state index contributed by atoms with van der Waals surface area (Å²) in [6.45, 7) is 2.54. The molecule has 0 fully saturated rings. The van der Waals surface area contributed by atoms with Crippen molar-refractivity contribution in [2.45, 2.75) is 31.3 Å². The van der Waals surface area contributed by atoms with Gasteiger partial charge in [-0.25, -0.2) is 0 Å². The van der Waals surface area contributed by atoms with E-state index in [1.54, 1.807) is 6.08 Å². The first-order valence-electron chi connectivity index (χ1n) is 9.12. The molecule has 0 bridgehead atoms. The molecule has 0 saturated heterocycles. The van der Waals surface area contributed by atoms with Gasteiger partial charge in [0.2, 0.25) is 0 Å². The lowest BCUT2D eigenvalue weighted by Gasteiger charge is -2.52. The van der Waals surface area contributed by atoms with Crippen LogP contribution in [0.15, 0.2) is 70.7 Å². The summed E-state index contributed by atoms with van der Waals surface area (Å²) in [5.41, 5.74) is 4.64. The van der Waals surface area contributed by atoms with Gasteiger partial charge in [0.05, 0.1) is 10.0 Å². The number of rotatable bonds is 1. The number of hydrogen-bond acceptors (Lipinski definition) is 2. The van der Waals surface area contributed by atoms with E-state index in [9.17, 15) is 9.59 Å². The zero-order valence-corrected chi connectivity index (χ0v) is 16.5. The van der Waals surface area contributed by atoms with E-state index in [0.717, 1.165) is 22.3 Å². The molecule has 1 spiro atoms. The molecule has 0 aromatic heterocycles. The maximum Gasteiger partial charge on any atom is 0.262 e. The molecule has 2 aromatic rings. The minimum Gasteiger partial charge on any atom is -0.320 e. The third-order valence-corrected chi connectivity index (χ3v) is 6.90. The van der Waals surface area contributed by atoms with Crippen LogP contribution in [0.2, 0.25) is 0 Å². The SMILES string of the molecule is CC1=CC(=O)CC2c3ccccc3CN3C(=O)C(Br)=C(c4ccccc4)C123. The van der Waals surface area contributed by atoms with Gasteiger partial charge in [-0.3, -0.25) is 9.59 Å². The molecular formula is C23H18BrNO2. The highest BCUT2D eigenvalue weighted by atomic mass is 79.9. The number of amides is 1. The summed E-state index contributed by atoms with van der Waals surface area (Å²) in [6.07, 6.45) is 2.15. The highest BCUT2D eigenvalue weighted by Gasteiger charge is 2.60.